The van der Waals surface area contributed by atoms with Crippen LogP contribution in [0.15, 0.2) is 18.2 Å². The zero-order chi connectivity index (χ0) is 16.7. The molecule has 1 unspecified atom stereocenters. The van der Waals surface area contributed by atoms with E-state index in [1.54, 1.807) is 0 Å². The van der Waals surface area contributed by atoms with E-state index in [1.165, 1.54) is 5.56 Å². The molecule has 0 aromatic heterocycles. The summed E-state index contributed by atoms with van der Waals surface area (Å²) in [6.07, 6.45) is 1.46. The van der Waals surface area contributed by atoms with Gasteiger partial charge in [0.15, 0.2) is 0 Å². The van der Waals surface area contributed by atoms with Crippen LogP contribution in [-0.4, -0.2) is 17.3 Å². The van der Waals surface area contributed by atoms with Gasteiger partial charge in [-0.25, -0.2) is 0 Å². The number of carbonyl (C=O) groups excluding carboxylic acids is 1. The Morgan fingerprint density at radius 3 is 2.50 bits per heavy atom. The van der Waals surface area contributed by atoms with Crippen molar-refractivity contribution in [3.8, 4) is 5.75 Å². The van der Waals surface area contributed by atoms with Gasteiger partial charge in [-0.3, -0.25) is 4.79 Å². The molecule has 0 radical (unpaired) electrons. The Bertz CT molecular complexity index is 486. The highest BCUT2D eigenvalue weighted by molar-refractivity contribution is 9.09. The predicted molar refractivity (Wildman–Crippen MR) is 97.0 cm³/mol. The Labute approximate surface area is 143 Å². The van der Waals surface area contributed by atoms with E-state index in [4.69, 9.17) is 4.74 Å². The van der Waals surface area contributed by atoms with Crippen LogP contribution < -0.4 is 10.1 Å². The monoisotopic (exact) mass is 369 g/mol. The number of halogens is 1. The van der Waals surface area contributed by atoms with Crippen molar-refractivity contribution < 1.29 is 9.53 Å². The Morgan fingerprint density at radius 1 is 1.27 bits per heavy atom. The summed E-state index contributed by atoms with van der Waals surface area (Å²) in [5, 5.41) is 2.95. The summed E-state index contributed by atoms with van der Waals surface area (Å²) < 4.78 is 5.70. The highest BCUT2D eigenvalue weighted by Gasteiger charge is 2.14. The Hall–Kier alpha value is -1.03. The van der Waals surface area contributed by atoms with Crippen molar-refractivity contribution in [2.75, 3.05) is 11.9 Å². The Kier molecular flexibility index (Phi) is 7.94. The van der Waals surface area contributed by atoms with E-state index in [0.29, 0.717) is 29.7 Å². The molecule has 0 heterocycles. The number of hydrogen-bond acceptors (Lipinski definition) is 2. The van der Waals surface area contributed by atoms with Gasteiger partial charge < -0.3 is 10.1 Å². The quantitative estimate of drug-likeness (QED) is 0.652. The lowest BCUT2D eigenvalue weighted by Gasteiger charge is -2.17. The number of amides is 1. The molecule has 0 saturated carbocycles. The molecule has 3 nitrogen and oxygen atoms in total. The fraction of sp³-hybridized carbons (Fsp3) is 0.611. The van der Waals surface area contributed by atoms with Gasteiger partial charge in [-0.15, -0.1) is 0 Å². The number of carbonyl (C=O) groups is 1. The molecule has 1 atom stereocenters. The van der Waals surface area contributed by atoms with Crippen molar-refractivity contribution in [1.82, 2.24) is 0 Å². The standard InChI is InChI=1S/C18H28BrNO2/c1-6-22-17-11-14(10-15(19)13(4)5)7-8-16(17)20-18(21)9-12(2)3/h7-8,11-13,15H,6,9-10H2,1-5H3,(H,20,21). The molecule has 0 spiro atoms. The molecule has 1 N–H and O–H groups in total. The maximum Gasteiger partial charge on any atom is 0.224 e. The minimum Gasteiger partial charge on any atom is -0.492 e. The second-order valence-electron chi connectivity index (χ2n) is 6.37. The highest BCUT2D eigenvalue weighted by Crippen LogP contribution is 2.28. The first-order valence-corrected chi connectivity index (χ1v) is 8.94. The predicted octanol–water partition coefficient (Wildman–Crippen LogP) is 5.03. The van der Waals surface area contributed by atoms with Crippen LogP contribution in [0, 0.1) is 11.8 Å². The van der Waals surface area contributed by atoms with Gasteiger partial charge in [-0.05, 0) is 42.9 Å². The van der Waals surface area contributed by atoms with Crippen LogP contribution in [0.25, 0.3) is 0 Å². The average Bonchev–Trinajstić information content (AvgIpc) is 2.40. The molecular formula is C18H28BrNO2. The fourth-order valence-corrected chi connectivity index (χ4v) is 2.48. The molecule has 124 valence electrons. The van der Waals surface area contributed by atoms with Gasteiger partial charge in [0.25, 0.3) is 0 Å². The summed E-state index contributed by atoms with van der Waals surface area (Å²) in [6, 6.07) is 6.04. The van der Waals surface area contributed by atoms with E-state index in [9.17, 15) is 4.79 Å². The first-order chi connectivity index (χ1) is 10.3. The maximum atomic E-state index is 12.0. The summed E-state index contributed by atoms with van der Waals surface area (Å²) in [6.45, 7) is 11.0. The second kappa shape index (κ2) is 9.19. The summed E-state index contributed by atoms with van der Waals surface area (Å²) in [4.78, 5) is 12.4. The third kappa shape index (κ3) is 6.39. The van der Waals surface area contributed by atoms with Crippen molar-refractivity contribution in [1.29, 1.82) is 0 Å². The summed E-state index contributed by atoms with van der Waals surface area (Å²) in [7, 11) is 0. The van der Waals surface area contributed by atoms with Crippen LogP contribution in [0.1, 0.15) is 46.6 Å². The van der Waals surface area contributed by atoms with Crippen LogP contribution in [0.4, 0.5) is 5.69 Å². The van der Waals surface area contributed by atoms with E-state index in [-0.39, 0.29) is 5.91 Å². The lowest BCUT2D eigenvalue weighted by Crippen LogP contribution is -2.15. The van der Waals surface area contributed by atoms with Crippen LogP contribution in [0.2, 0.25) is 0 Å². The van der Waals surface area contributed by atoms with Crippen molar-refractivity contribution in [2.45, 2.75) is 52.3 Å². The molecule has 1 aromatic rings. The molecule has 0 fully saturated rings. The molecule has 0 aliphatic heterocycles. The number of nitrogens with one attached hydrogen (secondary N) is 1. The first-order valence-electron chi connectivity index (χ1n) is 8.03. The molecular weight excluding hydrogens is 342 g/mol. The Morgan fingerprint density at radius 2 is 1.95 bits per heavy atom. The minimum atomic E-state index is 0.0317. The van der Waals surface area contributed by atoms with Crippen LogP contribution >= 0.6 is 15.9 Å². The SMILES string of the molecule is CCOc1cc(CC(Br)C(C)C)ccc1NC(=O)CC(C)C. The van der Waals surface area contributed by atoms with E-state index in [1.807, 2.05) is 32.9 Å². The summed E-state index contributed by atoms with van der Waals surface area (Å²) in [5.74, 6) is 1.70. The van der Waals surface area contributed by atoms with Gasteiger partial charge >= 0.3 is 0 Å². The van der Waals surface area contributed by atoms with Gasteiger partial charge in [0.1, 0.15) is 5.75 Å². The smallest absolute Gasteiger partial charge is 0.224 e. The van der Waals surface area contributed by atoms with Crippen molar-refractivity contribution in [3.05, 3.63) is 23.8 Å². The second-order valence-corrected chi connectivity index (χ2v) is 7.55. The zero-order valence-electron chi connectivity index (χ0n) is 14.3. The fourth-order valence-electron chi connectivity index (χ4n) is 2.10. The number of alkyl halides is 1. The lowest BCUT2D eigenvalue weighted by molar-refractivity contribution is -0.116. The first kappa shape index (κ1) is 19.0. The number of rotatable bonds is 8. The van der Waals surface area contributed by atoms with Crippen LogP contribution in [0.5, 0.6) is 5.75 Å². The minimum absolute atomic E-state index is 0.0317. The molecule has 0 aliphatic rings. The number of ether oxygens (including phenoxy) is 1. The number of hydrogen-bond donors (Lipinski definition) is 1. The third-order valence-corrected chi connectivity index (χ3v) is 4.75. The average molecular weight is 370 g/mol. The van der Waals surface area contributed by atoms with Crippen LogP contribution in [-0.2, 0) is 11.2 Å². The molecule has 0 saturated heterocycles. The number of anilines is 1. The molecule has 1 aromatic carbocycles. The van der Waals surface area contributed by atoms with E-state index in [0.717, 1.165) is 17.9 Å². The molecule has 1 amide bonds. The molecule has 0 aliphatic carbocycles. The normalized spacial score (nSPS) is 12.5. The summed E-state index contributed by atoms with van der Waals surface area (Å²) in [5.41, 5.74) is 1.97. The van der Waals surface area contributed by atoms with Crippen molar-refractivity contribution >= 4 is 27.5 Å². The Balaban J connectivity index is 2.87. The van der Waals surface area contributed by atoms with Gasteiger partial charge in [0.05, 0.1) is 12.3 Å². The molecule has 4 heteroatoms. The third-order valence-electron chi connectivity index (χ3n) is 3.37. The van der Waals surface area contributed by atoms with E-state index >= 15 is 0 Å². The van der Waals surface area contributed by atoms with Crippen LogP contribution in [0.3, 0.4) is 0 Å². The molecule has 22 heavy (non-hydrogen) atoms. The maximum absolute atomic E-state index is 12.0. The van der Waals surface area contributed by atoms with Crippen molar-refractivity contribution in [3.63, 3.8) is 0 Å². The number of benzene rings is 1. The van der Waals surface area contributed by atoms with E-state index in [2.05, 4.69) is 41.2 Å². The van der Waals surface area contributed by atoms with Gasteiger partial charge in [-0.1, -0.05) is 49.7 Å². The summed E-state index contributed by atoms with van der Waals surface area (Å²) >= 11 is 3.72. The van der Waals surface area contributed by atoms with Gasteiger partial charge in [0.2, 0.25) is 5.91 Å². The van der Waals surface area contributed by atoms with Crippen molar-refractivity contribution in [2.24, 2.45) is 11.8 Å². The van der Waals surface area contributed by atoms with Gasteiger partial charge in [0, 0.05) is 11.2 Å². The molecule has 0 bridgehead atoms. The largest absolute Gasteiger partial charge is 0.492 e. The van der Waals surface area contributed by atoms with E-state index < -0.39 is 0 Å². The highest BCUT2D eigenvalue weighted by atomic mass is 79.9. The topological polar surface area (TPSA) is 38.3 Å². The lowest BCUT2D eigenvalue weighted by atomic mass is 10.0. The zero-order valence-corrected chi connectivity index (χ0v) is 15.9. The molecule has 1 rings (SSSR count). The van der Waals surface area contributed by atoms with Gasteiger partial charge in [-0.2, -0.15) is 0 Å².